The van der Waals surface area contributed by atoms with Gasteiger partial charge in [0.2, 0.25) is 11.8 Å². The Morgan fingerprint density at radius 2 is 1.75 bits per heavy atom. The molecule has 9 heteroatoms. The lowest BCUT2D eigenvalue weighted by molar-refractivity contribution is -0.152. The summed E-state index contributed by atoms with van der Waals surface area (Å²) in [6.07, 6.45) is 2.02. The SMILES string of the molecule is COC(=O)C1(CCSC)NC(c2ccccc2F)C2C(=O)N(c3ccccc3F)C(=O)C21. The number of fused-ring (bicyclic) bond motifs is 1. The molecule has 4 rings (SSSR count). The number of ether oxygens (including phenoxy) is 1. The van der Waals surface area contributed by atoms with Crippen molar-refractivity contribution in [1.82, 2.24) is 5.32 Å². The van der Waals surface area contributed by atoms with Crippen molar-refractivity contribution in [3.63, 3.8) is 0 Å². The van der Waals surface area contributed by atoms with Gasteiger partial charge in [-0.05, 0) is 36.6 Å². The summed E-state index contributed by atoms with van der Waals surface area (Å²) in [4.78, 5) is 41.0. The number of hydrogen-bond donors (Lipinski definition) is 1. The summed E-state index contributed by atoms with van der Waals surface area (Å²) < 4.78 is 34.4. The Morgan fingerprint density at radius 3 is 2.38 bits per heavy atom. The molecular formula is C23H22F2N2O4S. The summed E-state index contributed by atoms with van der Waals surface area (Å²) in [7, 11) is 1.20. The van der Waals surface area contributed by atoms with Gasteiger partial charge in [0.15, 0.2) is 0 Å². The third-order valence-corrected chi connectivity index (χ3v) is 6.85. The second-order valence-corrected chi connectivity index (χ2v) is 8.80. The van der Waals surface area contributed by atoms with E-state index in [1.54, 1.807) is 6.07 Å². The Kier molecular flexibility index (Phi) is 6.05. The number of esters is 1. The van der Waals surface area contributed by atoms with Crippen LogP contribution in [0.2, 0.25) is 0 Å². The van der Waals surface area contributed by atoms with Crippen LogP contribution in [0.3, 0.4) is 0 Å². The number of anilines is 1. The van der Waals surface area contributed by atoms with Crippen molar-refractivity contribution in [3.8, 4) is 0 Å². The van der Waals surface area contributed by atoms with Gasteiger partial charge in [-0.15, -0.1) is 0 Å². The fourth-order valence-electron chi connectivity index (χ4n) is 4.83. The number of benzene rings is 2. The van der Waals surface area contributed by atoms with Crippen LogP contribution < -0.4 is 10.2 Å². The predicted molar refractivity (Wildman–Crippen MR) is 116 cm³/mol. The predicted octanol–water partition coefficient (Wildman–Crippen LogP) is 3.08. The summed E-state index contributed by atoms with van der Waals surface area (Å²) in [5, 5.41) is 3.11. The maximum absolute atomic E-state index is 14.8. The number of thioether (sulfide) groups is 1. The van der Waals surface area contributed by atoms with E-state index in [1.807, 2.05) is 6.26 Å². The van der Waals surface area contributed by atoms with Crippen LogP contribution in [-0.2, 0) is 19.1 Å². The Morgan fingerprint density at radius 1 is 1.09 bits per heavy atom. The standard InChI is InChI=1S/C23H22F2N2O4S/c1-31-22(30)23(11-12-32-2)18-17(19(26-23)13-7-3-4-8-14(13)24)20(28)27(21(18)29)16-10-6-5-9-15(16)25/h3-10,17-19,26H,11-12H2,1-2H3. The van der Waals surface area contributed by atoms with Crippen LogP contribution in [0.1, 0.15) is 18.0 Å². The van der Waals surface area contributed by atoms with E-state index in [1.165, 1.54) is 55.3 Å². The van der Waals surface area contributed by atoms with Crippen molar-refractivity contribution in [2.75, 3.05) is 24.0 Å². The third-order valence-electron chi connectivity index (χ3n) is 6.24. The molecule has 168 valence electrons. The topological polar surface area (TPSA) is 75.7 Å². The Bertz CT molecular complexity index is 1080. The molecule has 2 aliphatic heterocycles. The zero-order chi connectivity index (χ0) is 23.0. The summed E-state index contributed by atoms with van der Waals surface area (Å²) in [5.74, 6) is -5.19. The number of halogens is 2. The number of nitrogens with one attached hydrogen (secondary N) is 1. The van der Waals surface area contributed by atoms with Gasteiger partial charge in [0.05, 0.1) is 24.6 Å². The largest absolute Gasteiger partial charge is 0.468 e. The van der Waals surface area contributed by atoms with E-state index in [0.717, 1.165) is 11.0 Å². The molecule has 2 fully saturated rings. The lowest BCUT2D eigenvalue weighted by Crippen LogP contribution is -2.56. The van der Waals surface area contributed by atoms with Gasteiger partial charge >= 0.3 is 5.97 Å². The molecule has 6 nitrogen and oxygen atoms in total. The van der Waals surface area contributed by atoms with Gasteiger partial charge in [-0.25, -0.2) is 13.7 Å². The molecule has 0 bridgehead atoms. The zero-order valence-electron chi connectivity index (χ0n) is 17.5. The van der Waals surface area contributed by atoms with Crippen molar-refractivity contribution in [1.29, 1.82) is 0 Å². The Labute approximate surface area is 188 Å². The third kappa shape index (κ3) is 3.31. The minimum Gasteiger partial charge on any atom is -0.468 e. The normalized spacial score (nSPS) is 27.0. The number of amides is 2. The fourth-order valence-corrected chi connectivity index (χ4v) is 5.36. The highest BCUT2D eigenvalue weighted by Crippen LogP contribution is 2.52. The molecule has 2 saturated heterocycles. The van der Waals surface area contributed by atoms with Gasteiger partial charge in [-0.2, -0.15) is 11.8 Å². The molecule has 0 aliphatic carbocycles. The molecular weight excluding hydrogens is 438 g/mol. The van der Waals surface area contributed by atoms with Crippen molar-refractivity contribution in [2.45, 2.75) is 18.0 Å². The molecule has 32 heavy (non-hydrogen) atoms. The minimum atomic E-state index is -1.55. The van der Waals surface area contributed by atoms with E-state index in [0.29, 0.717) is 5.75 Å². The molecule has 0 aromatic heterocycles. The Balaban J connectivity index is 1.90. The van der Waals surface area contributed by atoms with Crippen LogP contribution in [0.15, 0.2) is 48.5 Å². The van der Waals surface area contributed by atoms with E-state index in [4.69, 9.17) is 4.74 Å². The maximum atomic E-state index is 14.8. The smallest absolute Gasteiger partial charge is 0.326 e. The fraction of sp³-hybridized carbons (Fsp3) is 0.348. The van der Waals surface area contributed by atoms with Crippen molar-refractivity contribution >= 4 is 35.2 Å². The van der Waals surface area contributed by atoms with Crippen LogP contribution in [0, 0.1) is 23.5 Å². The lowest BCUT2D eigenvalue weighted by Gasteiger charge is -2.32. The van der Waals surface area contributed by atoms with Gasteiger partial charge in [0, 0.05) is 11.6 Å². The molecule has 2 aromatic rings. The number of para-hydroxylation sites is 1. The summed E-state index contributed by atoms with van der Waals surface area (Å²) in [5.41, 5.74) is -1.58. The monoisotopic (exact) mass is 460 g/mol. The van der Waals surface area contributed by atoms with Crippen LogP contribution in [0.5, 0.6) is 0 Å². The van der Waals surface area contributed by atoms with Crippen LogP contribution in [0.25, 0.3) is 0 Å². The number of imide groups is 1. The number of rotatable bonds is 6. The van der Waals surface area contributed by atoms with Gasteiger partial charge in [-0.3, -0.25) is 19.7 Å². The van der Waals surface area contributed by atoms with Crippen molar-refractivity contribution in [2.24, 2.45) is 11.8 Å². The van der Waals surface area contributed by atoms with E-state index in [9.17, 15) is 23.2 Å². The summed E-state index contributed by atoms with van der Waals surface area (Å²) in [6, 6.07) is 10.4. The highest BCUT2D eigenvalue weighted by atomic mass is 32.2. The quantitative estimate of drug-likeness (QED) is 0.528. The summed E-state index contributed by atoms with van der Waals surface area (Å²) >= 11 is 1.46. The first-order valence-corrected chi connectivity index (χ1v) is 11.5. The van der Waals surface area contributed by atoms with Gasteiger partial charge in [0.25, 0.3) is 0 Å². The molecule has 2 amide bonds. The molecule has 4 unspecified atom stereocenters. The van der Waals surface area contributed by atoms with Crippen molar-refractivity contribution < 1.29 is 27.9 Å². The number of methoxy groups -OCH3 is 1. The van der Waals surface area contributed by atoms with E-state index in [-0.39, 0.29) is 17.7 Å². The van der Waals surface area contributed by atoms with E-state index in [2.05, 4.69) is 5.32 Å². The zero-order valence-corrected chi connectivity index (χ0v) is 18.3. The highest BCUT2D eigenvalue weighted by Gasteiger charge is 2.69. The first kappa shape index (κ1) is 22.4. The number of carbonyl (C=O) groups is 3. The number of carbonyl (C=O) groups excluding carboxylic acids is 3. The molecule has 0 spiro atoms. The molecule has 1 N–H and O–H groups in total. The van der Waals surface area contributed by atoms with E-state index >= 15 is 0 Å². The number of hydrogen-bond acceptors (Lipinski definition) is 6. The molecule has 2 heterocycles. The minimum absolute atomic E-state index is 0.161. The second-order valence-electron chi connectivity index (χ2n) is 7.82. The molecule has 2 aromatic carbocycles. The number of nitrogens with zero attached hydrogens (tertiary/aromatic N) is 1. The average Bonchev–Trinajstić information content (AvgIpc) is 3.27. The highest BCUT2D eigenvalue weighted by molar-refractivity contribution is 7.98. The molecule has 0 saturated carbocycles. The lowest BCUT2D eigenvalue weighted by atomic mass is 9.78. The van der Waals surface area contributed by atoms with Crippen LogP contribution in [0.4, 0.5) is 14.5 Å². The van der Waals surface area contributed by atoms with Gasteiger partial charge in [-0.1, -0.05) is 30.3 Å². The maximum Gasteiger partial charge on any atom is 0.326 e. The molecule has 0 radical (unpaired) electrons. The first-order valence-electron chi connectivity index (χ1n) is 10.1. The molecule has 4 atom stereocenters. The van der Waals surface area contributed by atoms with Crippen molar-refractivity contribution in [3.05, 3.63) is 65.7 Å². The summed E-state index contributed by atoms with van der Waals surface area (Å²) in [6.45, 7) is 0. The first-order chi connectivity index (χ1) is 15.4. The second kappa shape index (κ2) is 8.63. The molecule has 2 aliphatic rings. The van der Waals surface area contributed by atoms with Gasteiger partial charge < -0.3 is 4.74 Å². The van der Waals surface area contributed by atoms with Gasteiger partial charge in [0.1, 0.15) is 17.2 Å². The van der Waals surface area contributed by atoms with Crippen LogP contribution in [-0.4, -0.2) is 42.4 Å². The Hall–Kier alpha value is -2.78. The average molecular weight is 461 g/mol. The van der Waals surface area contributed by atoms with Crippen LogP contribution >= 0.6 is 11.8 Å². The van der Waals surface area contributed by atoms with E-state index < -0.39 is 52.8 Å².